The van der Waals surface area contributed by atoms with Crippen LogP contribution in [0.1, 0.15) is 46.6 Å². The van der Waals surface area contributed by atoms with E-state index in [2.05, 4.69) is 26.6 Å². The minimum atomic E-state index is -0.749. The van der Waals surface area contributed by atoms with Gasteiger partial charge in [0.2, 0.25) is 17.7 Å². The predicted molar refractivity (Wildman–Crippen MR) is 141 cm³/mol. The number of rotatable bonds is 7. The molecule has 0 aliphatic carbocycles. The first-order valence-corrected chi connectivity index (χ1v) is 14.1. The number of benzene rings is 1. The van der Waals surface area contributed by atoms with E-state index in [9.17, 15) is 19.5 Å². The van der Waals surface area contributed by atoms with Gasteiger partial charge in [-0.25, -0.2) is 0 Å². The largest absolute Gasteiger partial charge is 0.394 e. The zero-order valence-electron chi connectivity index (χ0n) is 21.0. The Labute approximate surface area is 220 Å². The fourth-order valence-electron chi connectivity index (χ4n) is 5.98. The summed E-state index contributed by atoms with van der Waals surface area (Å²) in [5.74, 6) is -1.76. The van der Waals surface area contributed by atoms with Crippen molar-refractivity contribution in [3.05, 3.63) is 35.9 Å². The summed E-state index contributed by atoms with van der Waals surface area (Å²) >= 11 is 5.39. The number of hydrogen-bond acceptors (Lipinski definition) is 5. The van der Waals surface area contributed by atoms with E-state index in [4.69, 9.17) is 0 Å². The lowest BCUT2D eigenvalue weighted by molar-refractivity contribution is -0.144. The van der Waals surface area contributed by atoms with Crippen molar-refractivity contribution in [3.8, 4) is 0 Å². The van der Waals surface area contributed by atoms with Gasteiger partial charge in [0.25, 0.3) is 0 Å². The molecular weight excluding hydrogens is 530 g/mol. The molecule has 3 aliphatic rings. The Morgan fingerprint density at radius 3 is 2.46 bits per heavy atom. The molecule has 1 aromatic carbocycles. The second-order valence-electron chi connectivity index (χ2n) is 11.3. The number of carbonyl (C=O) groups is 3. The number of alkyl halides is 1. The Balaban J connectivity index is 1.70. The molecule has 3 amide bonds. The van der Waals surface area contributed by atoms with E-state index >= 15 is 0 Å². The van der Waals surface area contributed by atoms with Crippen molar-refractivity contribution in [3.63, 3.8) is 0 Å². The van der Waals surface area contributed by atoms with Gasteiger partial charge in [-0.2, -0.15) is 0 Å². The van der Waals surface area contributed by atoms with Crippen LogP contribution >= 0.6 is 27.7 Å². The Morgan fingerprint density at radius 2 is 1.89 bits per heavy atom. The van der Waals surface area contributed by atoms with Crippen LogP contribution in [-0.2, 0) is 20.9 Å². The third-order valence-corrected chi connectivity index (χ3v) is 10.6. The highest BCUT2D eigenvalue weighted by molar-refractivity contribution is 9.09. The standard InChI is InChI=1S/C26H36BrN3O4S/c1-14(2)17(13-31)30-21(23(33)29-25(3,4)5)26-11-16(27)20(35-26)18(19(26)24(30)34)22(32)28-12-15-9-7-6-8-10-15/h6-10,14,16-21,31H,11-13H2,1-5H3,(H,28,32)(H,29,33)/t16?,17-,18+,19-,20+,21?,26?/m0/s1. The summed E-state index contributed by atoms with van der Waals surface area (Å²) in [7, 11) is 0. The number of carbonyl (C=O) groups excluding carboxylic acids is 3. The van der Waals surface area contributed by atoms with Gasteiger partial charge in [0.15, 0.2) is 0 Å². The number of aliphatic hydroxyl groups excluding tert-OH is 1. The van der Waals surface area contributed by atoms with Crippen LogP contribution in [0.25, 0.3) is 0 Å². The van der Waals surface area contributed by atoms with E-state index in [1.165, 1.54) is 0 Å². The molecule has 3 unspecified atom stereocenters. The maximum atomic E-state index is 14.1. The predicted octanol–water partition coefficient (Wildman–Crippen LogP) is 2.70. The topological polar surface area (TPSA) is 98.7 Å². The van der Waals surface area contributed by atoms with Gasteiger partial charge in [-0.3, -0.25) is 14.4 Å². The van der Waals surface area contributed by atoms with E-state index < -0.39 is 34.2 Å². The van der Waals surface area contributed by atoms with Gasteiger partial charge in [-0.1, -0.05) is 60.1 Å². The number of fused-ring (bicyclic) bond motifs is 1. The van der Waals surface area contributed by atoms with Gasteiger partial charge in [0.05, 0.1) is 29.2 Å². The fraction of sp³-hybridized carbons (Fsp3) is 0.654. The van der Waals surface area contributed by atoms with E-state index in [1.807, 2.05) is 65.0 Å². The molecule has 9 heteroatoms. The molecule has 3 saturated heterocycles. The van der Waals surface area contributed by atoms with Crippen molar-refractivity contribution in [1.29, 1.82) is 0 Å². The molecule has 192 valence electrons. The minimum Gasteiger partial charge on any atom is -0.394 e. The molecule has 1 spiro atoms. The third-order valence-electron chi connectivity index (χ3n) is 7.40. The van der Waals surface area contributed by atoms with Crippen LogP contribution in [0.5, 0.6) is 0 Å². The summed E-state index contributed by atoms with van der Waals surface area (Å²) in [4.78, 5) is 43.0. The lowest BCUT2D eigenvalue weighted by atomic mass is 9.70. The highest BCUT2D eigenvalue weighted by Crippen LogP contribution is 2.68. The van der Waals surface area contributed by atoms with Crippen molar-refractivity contribution in [2.45, 2.75) is 80.0 Å². The number of thioether (sulfide) groups is 1. The van der Waals surface area contributed by atoms with Crippen molar-refractivity contribution >= 4 is 45.4 Å². The van der Waals surface area contributed by atoms with Crippen molar-refractivity contribution in [1.82, 2.24) is 15.5 Å². The lowest BCUT2D eigenvalue weighted by Gasteiger charge is -2.39. The first-order valence-electron chi connectivity index (χ1n) is 12.3. The first kappa shape index (κ1) is 26.5. The number of hydrogen-bond donors (Lipinski definition) is 3. The zero-order valence-corrected chi connectivity index (χ0v) is 23.4. The molecule has 3 fully saturated rings. The van der Waals surface area contributed by atoms with Crippen LogP contribution in [0.15, 0.2) is 30.3 Å². The van der Waals surface area contributed by atoms with Gasteiger partial charge < -0.3 is 20.6 Å². The third kappa shape index (κ3) is 4.64. The van der Waals surface area contributed by atoms with Crippen LogP contribution in [0.2, 0.25) is 0 Å². The number of amides is 3. The molecule has 3 heterocycles. The summed E-state index contributed by atoms with van der Waals surface area (Å²) in [5.41, 5.74) is 0.512. The first-order chi connectivity index (χ1) is 16.4. The van der Waals surface area contributed by atoms with Gasteiger partial charge in [0, 0.05) is 22.2 Å². The smallest absolute Gasteiger partial charge is 0.244 e. The number of halogens is 1. The number of aliphatic hydroxyl groups is 1. The van der Waals surface area contributed by atoms with Crippen LogP contribution in [0, 0.1) is 17.8 Å². The average Bonchev–Trinajstić information content (AvgIpc) is 3.36. The molecular formula is C26H36BrN3O4S. The Hall–Kier alpha value is -1.58. The van der Waals surface area contributed by atoms with Crippen molar-refractivity contribution < 1.29 is 19.5 Å². The summed E-state index contributed by atoms with van der Waals surface area (Å²) in [5, 5.41) is 16.3. The summed E-state index contributed by atoms with van der Waals surface area (Å²) < 4.78 is -0.720. The molecule has 3 N–H and O–H groups in total. The van der Waals surface area contributed by atoms with Crippen LogP contribution in [0.3, 0.4) is 0 Å². The molecule has 4 rings (SSSR count). The SMILES string of the molecule is CC(C)[C@H](CO)N1C(=O)[C@@H]2[C@@H](C(=O)NCc3ccccc3)[C@@H]3SC2(CC3Br)C1C(=O)NC(C)(C)C. The van der Waals surface area contributed by atoms with Crippen molar-refractivity contribution in [2.75, 3.05) is 6.61 Å². The van der Waals surface area contributed by atoms with E-state index in [-0.39, 0.29) is 40.3 Å². The van der Waals surface area contributed by atoms with Gasteiger partial charge in [-0.15, -0.1) is 11.8 Å². The summed E-state index contributed by atoms with van der Waals surface area (Å²) in [6.07, 6.45) is 0.621. The van der Waals surface area contributed by atoms with Gasteiger partial charge in [-0.05, 0) is 38.7 Å². The normalized spacial score (nSPS) is 32.6. The summed E-state index contributed by atoms with van der Waals surface area (Å²) in [6, 6.07) is 8.44. The average molecular weight is 567 g/mol. The molecule has 3 aliphatic heterocycles. The second kappa shape index (κ2) is 9.71. The Kier molecular flexibility index (Phi) is 7.34. The highest BCUT2D eigenvalue weighted by Gasteiger charge is 2.76. The maximum Gasteiger partial charge on any atom is 0.244 e. The maximum absolute atomic E-state index is 14.1. The molecule has 7 atom stereocenters. The monoisotopic (exact) mass is 565 g/mol. The molecule has 35 heavy (non-hydrogen) atoms. The van der Waals surface area contributed by atoms with Crippen molar-refractivity contribution in [2.24, 2.45) is 17.8 Å². The molecule has 2 bridgehead atoms. The number of likely N-dealkylation sites (tertiary alicyclic amines) is 1. The van der Waals surface area contributed by atoms with E-state index in [1.54, 1.807) is 16.7 Å². The second-order valence-corrected chi connectivity index (χ2v) is 14.1. The Bertz CT molecular complexity index is 985. The number of nitrogens with zero attached hydrogens (tertiary/aromatic N) is 1. The molecule has 0 aromatic heterocycles. The molecule has 0 saturated carbocycles. The van der Waals surface area contributed by atoms with E-state index in [0.29, 0.717) is 13.0 Å². The molecule has 0 radical (unpaired) electrons. The minimum absolute atomic E-state index is 0.0144. The molecule has 1 aromatic rings. The van der Waals surface area contributed by atoms with E-state index in [0.717, 1.165) is 5.56 Å². The number of nitrogens with one attached hydrogen (secondary N) is 2. The van der Waals surface area contributed by atoms with Crippen LogP contribution in [-0.4, -0.2) is 66.8 Å². The molecule has 7 nitrogen and oxygen atoms in total. The van der Waals surface area contributed by atoms with Gasteiger partial charge in [0.1, 0.15) is 6.04 Å². The fourth-order valence-corrected chi connectivity index (χ4v) is 9.58. The quantitative estimate of drug-likeness (QED) is 0.441. The van der Waals surface area contributed by atoms with Gasteiger partial charge >= 0.3 is 0 Å². The Morgan fingerprint density at radius 1 is 1.23 bits per heavy atom. The zero-order chi connectivity index (χ0) is 25.7. The highest BCUT2D eigenvalue weighted by atomic mass is 79.9. The summed E-state index contributed by atoms with van der Waals surface area (Å²) in [6.45, 7) is 9.79. The van der Waals surface area contributed by atoms with Crippen LogP contribution < -0.4 is 10.6 Å². The lowest BCUT2D eigenvalue weighted by Crippen LogP contribution is -2.60. The van der Waals surface area contributed by atoms with Crippen LogP contribution in [0.4, 0.5) is 0 Å².